The van der Waals surface area contributed by atoms with Crippen molar-refractivity contribution in [3.05, 3.63) is 91.0 Å². The van der Waals surface area contributed by atoms with Crippen LogP contribution < -0.4 is 14.4 Å². The fraction of sp³-hybridized carbons (Fsp3) is 0.214. The number of para-hydroxylation sites is 2. The molecule has 0 aliphatic carbocycles. The van der Waals surface area contributed by atoms with Gasteiger partial charge in [-0.2, -0.15) is 0 Å². The Kier molecular flexibility index (Phi) is 5.34. The number of nitrogens with zero attached hydrogens (tertiary/aromatic N) is 1. The van der Waals surface area contributed by atoms with E-state index < -0.39 is 0 Å². The highest BCUT2D eigenvalue weighted by atomic mass is 16.6. The van der Waals surface area contributed by atoms with E-state index in [0.717, 1.165) is 48.9 Å². The number of anilines is 1. The van der Waals surface area contributed by atoms with E-state index in [1.54, 1.807) is 0 Å². The van der Waals surface area contributed by atoms with Crippen molar-refractivity contribution in [3.8, 4) is 23.0 Å². The normalized spacial score (nSPS) is 18.7. The highest BCUT2D eigenvalue weighted by molar-refractivity contribution is 5.83. The van der Waals surface area contributed by atoms with Crippen molar-refractivity contribution in [1.82, 2.24) is 0 Å². The predicted molar refractivity (Wildman–Crippen MR) is 129 cm³/mol. The van der Waals surface area contributed by atoms with Gasteiger partial charge in [0.1, 0.15) is 11.5 Å². The first kappa shape index (κ1) is 20.1. The molecule has 0 spiro atoms. The maximum Gasteiger partial charge on any atom is 0.169 e. The van der Waals surface area contributed by atoms with Crippen LogP contribution >= 0.6 is 0 Å². The van der Waals surface area contributed by atoms with E-state index >= 15 is 0 Å². The van der Waals surface area contributed by atoms with Gasteiger partial charge in [0.15, 0.2) is 11.5 Å². The molecule has 0 saturated carbocycles. The van der Waals surface area contributed by atoms with E-state index in [-0.39, 0.29) is 0 Å². The summed E-state index contributed by atoms with van der Waals surface area (Å²) < 4.78 is 23.2. The van der Waals surface area contributed by atoms with Crippen LogP contribution in [-0.2, 0) is 9.47 Å². The van der Waals surface area contributed by atoms with Crippen LogP contribution in [0.15, 0.2) is 91.0 Å². The Morgan fingerprint density at radius 3 is 1.82 bits per heavy atom. The molecule has 0 aromatic heterocycles. The van der Waals surface area contributed by atoms with Gasteiger partial charge in [0, 0.05) is 18.8 Å². The zero-order chi connectivity index (χ0) is 22.0. The van der Waals surface area contributed by atoms with Crippen LogP contribution in [0.1, 0.15) is 0 Å². The van der Waals surface area contributed by atoms with Crippen LogP contribution in [0, 0.1) is 0 Å². The summed E-state index contributed by atoms with van der Waals surface area (Å²) in [5.74, 6) is 2.89. The van der Waals surface area contributed by atoms with E-state index in [1.165, 1.54) is 5.39 Å². The quantitative estimate of drug-likeness (QED) is 0.298. The van der Waals surface area contributed by atoms with Crippen LogP contribution in [0.3, 0.4) is 0 Å². The third kappa shape index (κ3) is 4.95. The monoisotopic (exact) mass is 439 g/mol. The molecule has 2 fully saturated rings. The van der Waals surface area contributed by atoms with Gasteiger partial charge < -0.3 is 23.8 Å². The lowest BCUT2D eigenvalue weighted by molar-refractivity contribution is 0.389. The van der Waals surface area contributed by atoms with Crippen LogP contribution in [0.2, 0.25) is 0 Å². The van der Waals surface area contributed by atoms with Crippen LogP contribution in [0.4, 0.5) is 5.69 Å². The minimum Gasteiger partial charge on any atom is -0.453 e. The van der Waals surface area contributed by atoms with Crippen molar-refractivity contribution in [1.29, 1.82) is 0 Å². The van der Waals surface area contributed by atoms with Crippen LogP contribution in [-0.4, -0.2) is 38.5 Å². The highest BCUT2D eigenvalue weighted by Gasteiger charge is 2.30. The third-order valence-corrected chi connectivity index (χ3v) is 5.88. The third-order valence-electron chi connectivity index (χ3n) is 5.88. The molecular formula is C28H25NO4. The van der Waals surface area contributed by atoms with Crippen molar-refractivity contribution >= 4 is 16.5 Å². The summed E-state index contributed by atoms with van der Waals surface area (Å²) in [5, 5.41) is 2.33. The molecule has 0 radical (unpaired) electrons. The van der Waals surface area contributed by atoms with Gasteiger partial charge in [-0.1, -0.05) is 42.5 Å². The average molecular weight is 440 g/mol. The second kappa shape index (κ2) is 8.77. The minimum atomic E-state index is 0.332. The molecule has 166 valence electrons. The van der Waals surface area contributed by atoms with E-state index in [9.17, 15) is 0 Å². The number of epoxide rings is 2. The van der Waals surface area contributed by atoms with Crippen molar-refractivity contribution in [2.24, 2.45) is 0 Å². The lowest BCUT2D eigenvalue weighted by Gasteiger charge is -2.23. The zero-order valence-electron chi connectivity index (χ0n) is 18.2. The van der Waals surface area contributed by atoms with E-state index in [2.05, 4.69) is 35.2 Å². The molecule has 5 nitrogen and oxygen atoms in total. The number of fused-ring (bicyclic) bond motifs is 1. The number of benzene rings is 4. The van der Waals surface area contributed by atoms with Crippen molar-refractivity contribution in [3.63, 3.8) is 0 Å². The largest absolute Gasteiger partial charge is 0.453 e. The Morgan fingerprint density at radius 2 is 1.18 bits per heavy atom. The molecule has 2 aliphatic heterocycles. The fourth-order valence-corrected chi connectivity index (χ4v) is 3.95. The summed E-state index contributed by atoms with van der Waals surface area (Å²) in [5.41, 5.74) is 1.15. The first-order valence-electron chi connectivity index (χ1n) is 11.3. The lowest BCUT2D eigenvalue weighted by Crippen LogP contribution is -2.31. The smallest absolute Gasteiger partial charge is 0.169 e. The molecular weight excluding hydrogens is 414 g/mol. The summed E-state index contributed by atoms with van der Waals surface area (Å²) in [4.78, 5) is 2.33. The summed E-state index contributed by atoms with van der Waals surface area (Å²) >= 11 is 0. The fourth-order valence-electron chi connectivity index (χ4n) is 3.95. The first-order chi connectivity index (χ1) is 16.3. The highest BCUT2D eigenvalue weighted by Crippen LogP contribution is 2.36. The SMILES string of the molecule is c1ccc(Oc2ccc3ccccc3c2)c(Oc2ccc(N(CC3CO3)CC3CO3)cc2)c1. The number of hydrogen-bond donors (Lipinski definition) is 0. The molecule has 0 amide bonds. The Hall–Kier alpha value is -3.54. The molecule has 5 heteroatoms. The second-order valence-corrected chi connectivity index (χ2v) is 8.47. The maximum atomic E-state index is 6.20. The zero-order valence-corrected chi connectivity index (χ0v) is 18.2. The minimum absolute atomic E-state index is 0.332. The van der Waals surface area contributed by atoms with Gasteiger partial charge in [-0.05, 0) is 59.3 Å². The van der Waals surface area contributed by atoms with Crippen molar-refractivity contribution in [2.75, 3.05) is 31.2 Å². The summed E-state index contributed by atoms with van der Waals surface area (Å²) in [6.07, 6.45) is 0.664. The number of rotatable bonds is 9. The predicted octanol–water partition coefficient (Wildman–Crippen LogP) is 6.03. The molecule has 0 bridgehead atoms. The van der Waals surface area contributed by atoms with Gasteiger partial charge in [-0.15, -0.1) is 0 Å². The lowest BCUT2D eigenvalue weighted by atomic mass is 10.1. The van der Waals surface area contributed by atoms with Gasteiger partial charge in [0.25, 0.3) is 0 Å². The maximum absolute atomic E-state index is 6.20. The summed E-state index contributed by atoms with van der Waals surface area (Å²) in [7, 11) is 0. The van der Waals surface area contributed by atoms with Gasteiger partial charge in [-0.25, -0.2) is 0 Å². The van der Waals surface area contributed by atoms with Crippen molar-refractivity contribution < 1.29 is 18.9 Å². The van der Waals surface area contributed by atoms with Crippen LogP contribution in [0.5, 0.6) is 23.0 Å². The van der Waals surface area contributed by atoms with E-state index in [4.69, 9.17) is 18.9 Å². The molecule has 2 heterocycles. The Balaban J connectivity index is 1.18. The van der Waals surface area contributed by atoms with E-state index in [1.807, 2.05) is 60.7 Å². The summed E-state index contributed by atoms with van der Waals surface area (Å²) in [6.45, 7) is 3.47. The Labute approximate surface area is 193 Å². The number of hydrogen-bond acceptors (Lipinski definition) is 5. The standard InChI is InChI=1S/C28H25NO4/c1-2-6-21-15-24(12-9-20(21)5-1)33-28-8-4-3-7-27(28)32-23-13-10-22(11-14-23)29(16-25-18-30-25)17-26-19-31-26/h1-15,25-26H,16-19H2. The molecule has 6 rings (SSSR count). The van der Waals surface area contributed by atoms with Crippen LogP contribution in [0.25, 0.3) is 10.8 Å². The van der Waals surface area contributed by atoms with E-state index in [0.29, 0.717) is 23.7 Å². The van der Waals surface area contributed by atoms with Crippen molar-refractivity contribution in [2.45, 2.75) is 12.2 Å². The molecule has 4 aromatic carbocycles. The molecule has 2 saturated heterocycles. The topological polar surface area (TPSA) is 46.8 Å². The molecule has 2 aliphatic rings. The first-order valence-corrected chi connectivity index (χ1v) is 11.3. The Bertz CT molecular complexity index is 1230. The molecule has 33 heavy (non-hydrogen) atoms. The second-order valence-electron chi connectivity index (χ2n) is 8.47. The van der Waals surface area contributed by atoms with Gasteiger partial charge in [-0.3, -0.25) is 0 Å². The van der Waals surface area contributed by atoms with Gasteiger partial charge in [0.2, 0.25) is 0 Å². The molecule has 0 N–H and O–H groups in total. The Morgan fingerprint density at radius 1 is 0.636 bits per heavy atom. The average Bonchev–Trinajstić information content (AvgIpc) is 3.78. The molecule has 2 unspecified atom stereocenters. The number of ether oxygens (including phenoxy) is 4. The molecule has 4 aromatic rings. The molecule has 2 atom stereocenters. The summed E-state index contributed by atoms with van der Waals surface area (Å²) in [6, 6.07) is 30.3. The van der Waals surface area contributed by atoms with Gasteiger partial charge in [0.05, 0.1) is 25.4 Å². The van der Waals surface area contributed by atoms with Gasteiger partial charge >= 0.3 is 0 Å².